The van der Waals surface area contributed by atoms with Crippen LogP contribution in [0.5, 0.6) is 0 Å². The fraction of sp³-hybridized carbons (Fsp3) is 0.350. The molecule has 32 heavy (non-hydrogen) atoms. The molecule has 0 aliphatic carbocycles. The summed E-state index contributed by atoms with van der Waals surface area (Å²) in [4.78, 5) is 6.47. The van der Waals surface area contributed by atoms with Crippen LogP contribution in [0, 0.1) is 0 Å². The highest BCUT2D eigenvalue weighted by Crippen LogP contribution is 2.32. The Hall–Kier alpha value is -2.31. The maximum atomic E-state index is 13.4. The van der Waals surface area contributed by atoms with Crippen molar-refractivity contribution in [2.45, 2.75) is 12.1 Å². The van der Waals surface area contributed by atoms with E-state index in [1.807, 2.05) is 17.0 Å². The number of ether oxygens (including phenoxy) is 1. The molecule has 1 fully saturated rings. The van der Waals surface area contributed by atoms with Gasteiger partial charge in [-0.25, -0.2) is 17.7 Å². The number of benzene rings is 1. The van der Waals surface area contributed by atoms with Crippen LogP contribution in [-0.2, 0) is 20.5 Å². The number of rotatable bonds is 8. The molecule has 9 nitrogen and oxygen atoms in total. The molecule has 0 atom stereocenters. The molecule has 1 saturated heterocycles. The number of aromatic nitrogens is 1. The molecule has 2 aromatic heterocycles. The highest BCUT2D eigenvalue weighted by atomic mass is 35.5. The number of hydrogen-bond donors (Lipinski definition) is 2. The molecule has 0 unspecified atom stereocenters. The van der Waals surface area contributed by atoms with E-state index in [0.29, 0.717) is 48.2 Å². The number of halogens is 1. The Bertz CT molecular complexity index is 1180. The molecule has 2 N–H and O–H groups in total. The van der Waals surface area contributed by atoms with Gasteiger partial charge in [0, 0.05) is 36.7 Å². The molecule has 1 aliphatic heterocycles. The van der Waals surface area contributed by atoms with Crippen molar-refractivity contribution in [1.82, 2.24) is 4.98 Å². The van der Waals surface area contributed by atoms with Gasteiger partial charge >= 0.3 is 7.12 Å². The molecule has 0 bridgehead atoms. The van der Waals surface area contributed by atoms with Gasteiger partial charge in [-0.1, -0.05) is 29.8 Å². The molecule has 4 rings (SSSR count). The van der Waals surface area contributed by atoms with Crippen LogP contribution in [0.3, 0.4) is 0 Å². The molecule has 3 heterocycles. The molecule has 3 aromatic rings. The van der Waals surface area contributed by atoms with E-state index in [9.17, 15) is 18.5 Å². The van der Waals surface area contributed by atoms with E-state index in [0.717, 1.165) is 9.69 Å². The molecule has 0 radical (unpaired) electrons. The molecular formula is C20H23BClN3O6S. The van der Waals surface area contributed by atoms with Crippen LogP contribution in [0.15, 0.2) is 47.1 Å². The highest BCUT2D eigenvalue weighted by Gasteiger charge is 2.29. The highest BCUT2D eigenvalue weighted by molar-refractivity contribution is 7.92. The van der Waals surface area contributed by atoms with Gasteiger partial charge in [0.15, 0.2) is 0 Å². The lowest BCUT2D eigenvalue weighted by molar-refractivity contribution is 0.122. The fourth-order valence-corrected chi connectivity index (χ4v) is 5.28. The summed E-state index contributed by atoms with van der Waals surface area (Å²) in [6, 6.07) is 10.4. The van der Waals surface area contributed by atoms with Gasteiger partial charge < -0.3 is 24.1 Å². The predicted molar refractivity (Wildman–Crippen MR) is 123 cm³/mol. The summed E-state index contributed by atoms with van der Waals surface area (Å²) < 4.78 is 38.9. The van der Waals surface area contributed by atoms with Crippen LogP contribution in [0.1, 0.15) is 5.69 Å². The molecule has 0 saturated carbocycles. The first-order valence-corrected chi connectivity index (χ1v) is 12.1. The second kappa shape index (κ2) is 9.68. The Labute approximate surface area is 191 Å². The van der Waals surface area contributed by atoms with E-state index in [1.54, 1.807) is 24.3 Å². The molecule has 0 amide bonds. The van der Waals surface area contributed by atoms with Crippen LogP contribution in [0.25, 0.3) is 10.8 Å². The van der Waals surface area contributed by atoms with Gasteiger partial charge in [0.25, 0.3) is 0 Å². The monoisotopic (exact) mass is 479 g/mol. The quantitative estimate of drug-likeness (QED) is 0.472. The number of pyridine rings is 1. The summed E-state index contributed by atoms with van der Waals surface area (Å²) in [5.74, 6) is 0.241. The van der Waals surface area contributed by atoms with E-state index in [1.165, 1.54) is 6.26 Å². The third-order valence-electron chi connectivity index (χ3n) is 5.17. The van der Waals surface area contributed by atoms with Gasteiger partial charge in [-0.05, 0) is 18.2 Å². The number of morpholine rings is 1. The van der Waals surface area contributed by atoms with Crippen molar-refractivity contribution in [3.05, 3.63) is 53.4 Å². The van der Waals surface area contributed by atoms with Crippen molar-refractivity contribution >= 4 is 51.2 Å². The SMILES string of the molecule is O=S(=O)(Cc1ccc(Cl)c(N2CCOCC2)n1)N(CCB(O)O)c1occ2ccccc12. The van der Waals surface area contributed by atoms with Gasteiger partial charge in [-0.2, -0.15) is 0 Å². The first-order chi connectivity index (χ1) is 15.3. The lowest BCUT2D eigenvalue weighted by Gasteiger charge is -2.29. The van der Waals surface area contributed by atoms with Crippen molar-refractivity contribution in [3.63, 3.8) is 0 Å². The van der Waals surface area contributed by atoms with Gasteiger partial charge in [-0.3, -0.25) is 0 Å². The van der Waals surface area contributed by atoms with E-state index in [4.69, 9.17) is 20.8 Å². The van der Waals surface area contributed by atoms with Crippen molar-refractivity contribution < 1.29 is 27.6 Å². The van der Waals surface area contributed by atoms with Crippen molar-refractivity contribution in [3.8, 4) is 0 Å². The standard InChI is InChI=1S/C20H23BClN3O6S/c22-18-6-5-16(23-19(18)24-9-11-30-12-10-24)14-32(28,29)25(8-7-21(26)27)20-17-4-2-1-3-15(17)13-31-20/h1-6,13,26-27H,7-12,14H2. The maximum Gasteiger partial charge on any atom is 0.453 e. The minimum absolute atomic E-state index is 0.128. The second-order valence-electron chi connectivity index (χ2n) is 7.43. The molecule has 170 valence electrons. The average molecular weight is 480 g/mol. The van der Waals surface area contributed by atoms with Crippen molar-refractivity contribution in [2.24, 2.45) is 0 Å². The van der Waals surface area contributed by atoms with E-state index >= 15 is 0 Å². The third kappa shape index (κ3) is 5.02. The largest absolute Gasteiger partial charge is 0.453 e. The smallest absolute Gasteiger partial charge is 0.446 e. The van der Waals surface area contributed by atoms with Crippen LogP contribution in [0.2, 0.25) is 11.3 Å². The maximum absolute atomic E-state index is 13.4. The van der Waals surface area contributed by atoms with Crippen LogP contribution in [0.4, 0.5) is 11.7 Å². The number of furan rings is 1. The van der Waals surface area contributed by atoms with Gasteiger partial charge in [-0.15, -0.1) is 0 Å². The second-order valence-corrected chi connectivity index (χ2v) is 9.73. The third-order valence-corrected chi connectivity index (χ3v) is 7.14. The van der Waals surface area contributed by atoms with Crippen LogP contribution in [-0.4, -0.2) is 63.4 Å². The summed E-state index contributed by atoms with van der Waals surface area (Å²) >= 11 is 6.32. The number of hydrogen-bond acceptors (Lipinski definition) is 8. The van der Waals surface area contributed by atoms with E-state index < -0.39 is 22.9 Å². The first kappa shape index (κ1) is 22.9. The molecular weight excluding hydrogens is 457 g/mol. The number of nitrogens with zero attached hydrogens (tertiary/aromatic N) is 3. The normalized spacial score (nSPS) is 14.7. The average Bonchev–Trinajstić information content (AvgIpc) is 3.19. The molecule has 12 heteroatoms. The van der Waals surface area contributed by atoms with Crippen LogP contribution < -0.4 is 9.21 Å². The lowest BCUT2D eigenvalue weighted by atomic mass is 9.86. The zero-order valence-corrected chi connectivity index (χ0v) is 18.8. The minimum Gasteiger partial charge on any atom is -0.446 e. The Kier molecular flexibility index (Phi) is 6.92. The molecule has 1 aliphatic rings. The van der Waals surface area contributed by atoms with Gasteiger partial charge in [0.1, 0.15) is 17.8 Å². The van der Waals surface area contributed by atoms with E-state index in [-0.39, 0.29) is 18.7 Å². The lowest BCUT2D eigenvalue weighted by Crippen LogP contribution is -2.37. The summed E-state index contributed by atoms with van der Waals surface area (Å²) in [7, 11) is -5.63. The summed E-state index contributed by atoms with van der Waals surface area (Å²) in [6.07, 6.45) is 1.29. The zero-order chi connectivity index (χ0) is 22.7. The predicted octanol–water partition coefficient (Wildman–Crippen LogP) is 2.13. The fourth-order valence-electron chi connectivity index (χ4n) is 3.58. The van der Waals surface area contributed by atoms with Gasteiger partial charge in [0.2, 0.25) is 15.9 Å². The number of anilines is 2. The summed E-state index contributed by atoms with van der Waals surface area (Å²) in [5, 5.41) is 20.5. The molecule has 0 spiro atoms. The Morgan fingerprint density at radius 3 is 2.66 bits per heavy atom. The van der Waals surface area contributed by atoms with Crippen LogP contribution >= 0.6 is 11.6 Å². The number of sulfonamides is 1. The Morgan fingerprint density at radius 1 is 1.16 bits per heavy atom. The molecule has 1 aromatic carbocycles. The van der Waals surface area contributed by atoms with Crippen molar-refractivity contribution in [1.29, 1.82) is 0 Å². The van der Waals surface area contributed by atoms with E-state index in [2.05, 4.69) is 4.98 Å². The number of fused-ring (bicyclic) bond motifs is 1. The Balaban J connectivity index is 1.66. The summed E-state index contributed by atoms with van der Waals surface area (Å²) in [6.45, 7) is 2.15. The summed E-state index contributed by atoms with van der Waals surface area (Å²) in [5.41, 5.74) is 0.321. The van der Waals surface area contributed by atoms with Crippen molar-refractivity contribution in [2.75, 3.05) is 42.1 Å². The topological polar surface area (TPSA) is 116 Å². The van der Waals surface area contributed by atoms with Gasteiger partial charge in [0.05, 0.1) is 23.9 Å². The first-order valence-electron chi connectivity index (χ1n) is 10.2. The Morgan fingerprint density at radius 2 is 1.91 bits per heavy atom. The zero-order valence-electron chi connectivity index (χ0n) is 17.2. The minimum atomic E-state index is -3.98.